The summed E-state index contributed by atoms with van der Waals surface area (Å²) in [7, 11) is 0. The molecule has 106 valence electrons. The van der Waals surface area contributed by atoms with Crippen LogP contribution in [0.5, 0.6) is 0 Å². The second-order valence-corrected chi connectivity index (χ2v) is 5.35. The largest absolute Gasteiger partial charge is 0.338 e. The fraction of sp³-hybridized carbons (Fsp3) is 0.353. The third-order valence-corrected chi connectivity index (χ3v) is 3.47. The van der Waals surface area contributed by atoms with Crippen molar-refractivity contribution in [2.75, 3.05) is 6.54 Å². The van der Waals surface area contributed by atoms with Gasteiger partial charge in [-0.2, -0.15) is 0 Å². The van der Waals surface area contributed by atoms with Crippen molar-refractivity contribution in [1.82, 2.24) is 10.6 Å². The van der Waals surface area contributed by atoms with Gasteiger partial charge in [0.25, 0.3) is 0 Å². The maximum absolute atomic E-state index is 11.7. The Bertz CT molecular complexity index is 514. The highest BCUT2D eigenvalue weighted by atomic mass is 16.2. The monoisotopic (exact) mass is 270 g/mol. The molecule has 0 spiro atoms. The molecule has 0 bridgehead atoms. The number of benzene rings is 1. The molecular weight excluding hydrogens is 248 g/mol. The molecule has 0 fully saturated rings. The number of carbonyl (C=O) groups excluding carboxylic acids is 1. The molecule has 1 unspecified atom stereocenters. The Kier molecular flexibility index (Phi) is 4.99. The SMILES string of the molecule is CC1=CCC(CNC(=O)NCc2ccc(C)cc2)C=C1. The molecule has 2 rings (SSSR count). The van der Waals surface area contributed by atoms with E-state index in [2.05, 4.69) is 54.8 Å². The van der Waals surface area contributed by atoms with Crippen molar-refractivity contribution in [3.63, 3.8) is 0 Å². The summed E-state index contributed by atoms with van der Waals surface area (Å²) in [6.45, 7) is 5.39. The summed E-state index contributed by atoms with van der Waals surface area (Å²) >= 11 is 0. The molecule has 3 heteroatoms. The molecule has 1 aliphatic carbocycles. The van der Waals surface area contributed by atoms with Gasteiger partial charge in [-0.25, -0.2) is 4.79 Å². The van der Waals surface area contributed by atoms with Crippen LogP contribution in [0.4, 0.5) is 4.79 Å². The van der Waals surface area contributed by atoms with E-state index >= 15 is 0 Å². The van der Waals surface area contributed by atoms with E-state index in [1.165, 1.54) is 11.1 Å². The highest BCUT2D eigenvalue weighted by Gasteiger charge is 2.08. The van der Waals surface area contributed by atoms with Gasteiger partial charge in [-0.15, -0.1) is 0 Å². The summed E-state index contributed by atoms with van der Waals surface area (Å²) in [5.41, 5.74) is 3.64. The first-order valence-electron chi connectivity index (χ1n) is 7.05. The summed E-state index contributed by atoms with van der Waals surface area (Å²) in [5, 5.41) is 5.80. The van der Waals surface area contributed by atoms with Crippen molar-refractivity contribution < 1.29 is 4.79 Å². The lowest BCUT2D eigenvalue weighted by Crippen LogP contribution is -2.37. The summed E-state index contributed by atoms with van der Waals surface area (Å²) < 4.78 is 0. The summed E-state index contributed by atoms with van der Waals surface area (Å²) in [4.78, 5) is 11.7. The molecule has 0 saturated carbocycles. The molecule has 1 aromatic carbocycles. The topological polar surface area (TPSA) is 41.1 Å². The van der Waals surface area contributed by atoms with Gasteiger partial charge < -0.3 is 10.6 Å². The maximum atomic E-state index is 11.7. The third-order valence-electron chi connectivity index (χ3n) is 3.47. The fourth-order valence-electron chi connectivity index (χ4n) is 2.10. The van der Waals surface area contributed by atoms with Crippen LogP contribution in [0, 0.1) is 12.8 Å². The van der Waals surface area contributed by atoms with Gasteiger partial charge in [0.2, 0.25) is 0 Å². The number of allylic oxidation sites excluding steroid dienone is 3. The first-order valence-corrected chi connectivity index (χ1v) is 7.05. The lowest BCUT2D eigenvalue weighted by Gasteiger charge is -2.16. The van der Waals surface area contributed by atoms with Crippen molar-refractivity contribution in [2.45, 2.75) is 26.8 Å². The summed E-state index contributed by atoms with van der Waals surface area (Å²) in [5.74, 6) is 0.406. The molecule has 1 aliphatic rings. The Labute approximate surface area is 120 Å². The summed E-state index contributed by atoms with van der Waals surface area (Å²) in [6, 6.07) is 8.07. The molecule has 0 heterocycles. The Hall–Kier alpha value is -2.03. The van der Waals surface area contributed by atoms with Gasteiger partial charge in [-0.05, 0) is 31.7 Å². The van der Waals surface area contributed by atoms with E-state index in [1.54, 1.807) is 0 Å². The zero-order valence-corrected chi connectivity index (χ0v) is 12.1. The molecular formula is C17H22N2O. The molecule has 0 saturated heterocycles. The first-order chi connectivity index (χ1) is 9.63. The van der Waals surface area contributed by atoms with Gasteiger partial charge in [0.05, 0.1) is 0 Å². The van der Waals surface area contributed by atoms with E-state index in [0.717, 1.165) is 12.0 Å². The predicted molar refractivity (Wildman–Crippen MR) is 82.4 cm³/mol. The first kappa shape index (κ1) is 14.4. The van der Waals surface area contributed by atoms with Gasteiger partial charge in [-0.3, -0.25) is 0 Å². The van der Waals surface area contributed by atoms with Gasteiger partial charge in [0.1, 0.15) is 0 Å². The number of amides is 2. The number of carbonyl (C=O) groups is 1. The average molecular weight is 270 g/mol. The molecule has 2 N–H and O–H groups in total. The van der Waals surface area contributed by atoms with Crippen LogP contribution in [0.1, 0.15) is 24.5 Å². The minimum Gasteiger partial charge on any atom is -0.338 e. The minimum absolute atomic E-state index is 0.106. The third kappa shape index (κ3) is 4.57. The van der Waals surface area contributed by atoms with Crippen LogP contribution >= 0.6 is 0 Å². The Balaban J connectivity index is 1.68. The van der Waals surface area contributed by atoms with Crippen molar-refractivity contribution in [1.29, 1.82) is 0 Å². The second kappa shape index (κ2) is 6.94. The Morgan fingerprint density at radius 2 is 1.95 bits per heavy atom. The van der Waals surface area contributed by atoms with Crippen LogP contribution in [0.2, 0.25) is 0 Å². The van der Waals surface area contributed by atoms with Crippen molar-refractivity contribution in [3.05, 3.63) is 59.2 Å². The maximum Gasteiger partial charge on any atom is 0.315 e. The van der Waals surface area contributed by atoms with Gasteiger partial charge >= 0.3 is 6.03 Å². The molecule has 0 aromatic heterocycles. The van der Waals surface area contributed by atoms with Crippen LogP contribution in [-0.4, -0.2) is 12.6 Å². The normalized spacial score (nSPS) is 17.5. The van der Waals surface area contributed by atoms with Crippen LogP contribution in [0.25, 0.3) is 0 Å². The van der Waals surface area contributed by atoms with Crippen molar-refractivity contribution in [3.8, 4) is 0 Å². The van der Waals surface area contributed by atoms with E-state index < -0.39 is 0 Å². The van der Waals surface area contributed by atoms with Crippen molar-refractivity contribution in [2.24, 2.45) is 5.92 Å². The summed E-state index contributed by atoms with van der Waals surface area (Å²) in [6.07, 6.45) is 7.48. The quantitative estimate of drug-likeness (QED) is 0.866. The van der Waals surface area contributed by atoms with Crippen LogP contribution in [0.3, 0.4) is 0 Å². The Morgan fingerprint density at radius 3 is 2.60 bits per heavy atom. The molecule has 2 amide bonds. The zero-order valence-electron chi connectivity index (χ0n) is 12.1. The fourth-order valence-corrected chi connectivity index (χ4v) is 2.10. The second-order valence-electron chi connectivity index (χ2n) is 5.35. The van der Waals surface area contributed by atoms with Crippen LogP contribution in [0.15, 0.2) is 48.1 Å². The van der Waals surface area contributed by atoms with Gasteiger partial charge in [-0.1, -0.05) is 53.6 Å². The molecule has 3 nitrogen and oxygen atoms in total. The van der Waals surface area contributed by atoms with E-state index in [0.29, 0.717) is 19.0 Å². The molecule has 0 aliphatic heterocycles. The smallest absolute Gasteiger partial charge is 0.315 e. The number of nitrogens with one attached hydrogen (secondary N) is 2. The highest BCUT2D eigenvalue weighted by Crippen LogP contribution is 2.14. The standard InChI is InChI=1S/C17H22N2O/c1-13-3-7-15(8-4-13)11-18-17(20)19-12-16-9-5-14(2)6-10-16/h3-9,16H,10-12H2,1-2H3,(H2,18,19,20). The molecule has 1 aromatic rings. The van der Waals surface area contributed by atoms with E-state index in [-0.39, 0.29) is 6.03 Å². The van der Waals surface area contributed by atoms with E-state index in [4.69, 9.17) is 0 Å². The molecule has 20 heavy (non-hydrogen) atoms. The lowest BCUT2D eigenvalue weighted by atomic mass is 9.97. The minimum atomic E-state index is -0.106. The molecule has 1 atom stereocenters. The Morgan fingerprint density at radius 1 is 1.20 bits per heavy atom. The predicted octanol–water partition coefficient (Wildman–Crippen LogP) is 3.32. The van der Waals surface area contributed by atoms with Gasteiger partial charge in [0, 0.05) is 13.1 Å². The van der Waals surface area contributed by atoms with E-state index in [1.807, 2.05) is 12.1 Å². The number of hydrogen-bond donors (Lipinski definition) is 2. The number of rotatable bonds is 4. The number of urea groups is 1. The van der Waals surface area contributed by atoms with Crippen LogP contribution in [-0.2, 0) is 6.54 Å². The van der Waals surface area contributed by atoms with Gasteiger partial charge in [0.15, 0.2) is 0 Å². The zero-order chi connectivity index (χ0) is 14.4. The lowest BCUT2D eigenvalue weighted by molar-refractivity contribution is 0.239. The van der Waals surface area contributed by atoms with Crippen molar-refractivity contribution >= 4 is 6.03 Å². The number of hydrogen-bond acceptors (Lipinski definition) is 1. The van der Waals surface area contributed by atoms with E-state index in [9.17, 15) is 4.79 Å². The highest BCUT2D eigenvalue weighted by molar-refractivity contribution is 5.73. The average Bonchev–Trinajstić information content (AvgIpc) is 2.46. The molecule has 0 radical (unpaired) electrons. The van der Waals surface area contributed by atoms with Crippen LogP contribution < -0.4 is 10.6 Å². The number of aryl methyl sites for hydroxylation is 1.